The number of hydrogen-bond donors (Lipinski definition) is 0. The summed E-state index contributed by atoms with van der Waals surface area (Å²) in [7, 11) is 0. The number of thioether (sulfide) groups is 1. The molecule has 0 bridgehead atoms. The van der Waals surface area contributed by atoms with Crippen LogP contribution in [0, 0.1) is 12.8 Å². The molecule has 2 aromatic carbocycles. The van der Waals surface area contributed by atoms with Crippen LogP contribution in [0.1, 0.15) is 19.4 Å². The fourth-order valence-corrected chi connectivity index (χ4v) is 4.29. The van der Waals surface area contributed by atoms with E-state index in [0.717, 1.165) is 49.2 Å². The predicted octanol–water partition coefficient (Wildman–Crippen LogP) is 6.80. The van der Waals surface area contributed by atoms with E-state index in [4.69, 9.17) is 11.6 Å². The Hall–Kier alpha value is -2.30. The molecule has 142 valence electrons. The fourth-order valence-electron chi connectivity index (χ4n) is 3.15. The molecule has 0 aliphatic heterocycles. The monoisotopic (exact) mass is 407 g/mol. The molecule has 0 spiro atoms. The van der Waals surface area contributed by atoms with Crippen molar-refractivity contribution in [2.45, 2.75) is 25.8 Å². The van der Waals surface area contributed by atoms with E-state index in [2.05, 4.69) is 64.9 Å². The van der Waals surface area contributed by atoms with Gasteiger partial charge in [0.25, 0.3) is 0 Å². The SMILES string of the molecule is Cc1ccc(-n2cc(-c3ccccc3)c3c(SCC(C)C)ncnc32)cc1Cl. The molecule has 4 rings (SSSR count). The summed E-state index contributed by atoms with van der Waals surface area (Å²) in [5.74, 6) is 1.61. The smallest absolute Gasteiger partial charge is 0.149 e. The van der Waals surface area contributed by atoms with Crippen molar-refractivity contribution < 1.29 is 0 Å². The van der Waals surface area contributed by atoms with E-state index in [1.807, 2.05) is 25.1 Å². The molecule has 0 atom stereocenters. The second kappa shape index (κ2) is 7.98. The van der Waals surface area contributed by atoms with Gasteiger partial charge in [-0.3, -0.25) is 0 Å². The molecule has 0 amide bonds. The molecular weight excluding hydrogens is 386 g/mol. The molecule has 0 radical (unpaired) electrons. The van der Waals surface area contributed by atoms with E-state index >= 15 is 0 Å². The van der Waals surface area contributed by atoms with Crippen LogP contribution in [-0.4, -0.2) is 20.3 Å². The Balaban J connectivity index is 1.96. The van der Waals surface area contributed by atoms with Gasteiger partial charge in [0.2, 0.25) is 0 Å². The molecule has 28 heavy (non-hydrogen) atoms. The predicted molar refractivity (Wildman–Crippen MR) is 120 cm³/mol. The van der Waals surface area contributed by atoms with E-state index in [9.17, 15) is 0 Å². The van der Waals surface area contributed by atoms with Crippen LogP contribution in [0.2, 0.25) is 5.02 Å². The van der Waals surface area contributed by atoms with Gasteiger partial charge in [-0.2, -0.15) is 0 Å². The van der Waals surface area contributed by atoms with Gasteiger partial charge in [-0.25, -0.2) is 9.97 Å². The van der Waals surface area contributed by atoms with Crippen LogP contribution < -0.4 is 0 Å². The van der Waals surface area contributed by atoms with Gasteiger partial charge in [-0.05, 0) is 36.1 Å². The fraction of sp³-hybridized carbons (Fsp3) is 0.217. The molecular formula is C23H22ClN3S. The van der Waals surface area contributed by atoms with Gasteiger partial charge in [0.05, 0.1) is 5.39 Å². The molecule has 4 aromatic rings. The summed E-state index contributed by atoms with van der Waals surface area (Å²) in [6.07, 6.45) is 3.81. The zero-order valence-corrected chi connectivity index (χ0v) is 17.8. The molecule has 0 fully saturated rings. The minimum absolute atomic E-state index is 0.591. The molecule has 0 saturated carbocycles. The molecule has 0 unspecified atom stereocenters. The first-order chi connectivity index (χ1) is 13.5. The number of aryl methyl sites for hydroxylation is 1. The summed E-state index contributed by atoms with van der Waals surface area (Å²) in [4.78, 5) is 9.26. The zero-order chi connectivity index (χ0) is 19.7. The van der Waals surface area contributed by atoms with E-state index in [1.165, 1.54) is 0 Å². The van der Waals surface area contributed by atoms with Crippen molar-refractivity contribution in [1.82, 2.24) is 14.5 Å². The van der Waals surface area contributed by atoms with E-state index in [-0.39, 0.29) is 0 Å². The first-order valence-electron chi connectivity index (χ1n) is 9.35. The average Bonchev–Trinajstić information content (AvgIpc) is 3.09. The van der Waals surface area contributed by atoms with Crippen LogP contribution in [-0.2, 0) is 0 Å². The Kier molecular flexibility index (Phi) is 5.42. The van der Waals surface area contributed by atoms with E-state index in [1.54, 1.807) is 18.1 Å². The maximum absolute atomic E-state index is 6.40. The Morgan fingerprint density at radius 1 is 1.07 bits per heavy atom. The lowest BCUT2D eigenvalue weighted by molar-refractivity contribution is 0.749. The van der Waals surface area contributed by atoms with Crippen LogP contribution in [0.5, 0.6) is 0 Å². The summed E-state index contributed by atoms with van der Waals surface area (Å²) >= 11 is 8.19. The van der Waals surface area contributed by atoms with Crippen LogP contribution in [0.4, 0.5) is 0 Å². The molecule has 5 heteroatoms. The van der Waals surface area contributed by atoms with Gasteiger partial charge in [0, 0.05) is 28.2 Å². The van der Waals surface area contributed by atoms with Crippen LogP contribution >= 0.6 is 23.4 Å². The third-order valence-corrected chi connectivity index (χ3v) is 6.44. The molecule has 0 aliphatic carbocycles. The number of rotatable bonds is 5. The maximum Gasteiger partial charge on any atom is 0.149 e. The van der Waals surface area contributed by atoms with Crippen molar-refractivity contribution in [3.05, 3.63) is 71.6 Å². The highest BCUT2D eigenvalue weighted by molar-refractivity contribution is 7.99. The second-order valence-corrected chi connectivity index (χ2v) is 8.71. The first kappa shape index (κ1) is 19.0. The molecule has 2 aromatic heterocycles. The van der Waals surface area contributed by atoms with Crippen molar-refractivity contribution >= 4 is 34.4 Å². The van der Waals surface area contributed by atoms with Crippen LogP contribution in [0.3, 0.4) is 0 Å². The van der Waals surface area contributed by atoms with E-state index < -0.39 is 0 Å². The number of halogens is 1. The van der Waals surface area contributed by atoms with Crippen LogP contribution in [0.15, 0.2) is 66.1 Å². The Morgan fingerprint density at radius 2 is 1.86 bits per heavy atom. The lowest BCUT2D eigenvalue weighted by atomic mass is 10.1. The molecule has 0 N–H and O–H groups in total. The Morgan fingerprint density at radius 3 is 2.57 bits per heavy atom. The van der Waals surface area contributed by atoms with E-state index in [0.29, 0.717) is 5.92 Å². The number of benzene rings is 2. The maximum atomic E-state index is 6.40. The molecule has 2 heterocycles. The summed E-state index contributed by atoms with van der Waals surface area (Å²) in [5.41, 5.74) is 5.26. The standard InChI is InChI=1S/C23H22ClN3S/c1-15(2)13-28-23-21-19(17-7-5-4-6-8-17)12-27(22(21)25-14-26-23)18-10-9-16(3)20(24)11-18/h4-12,14-15H,13H2,1-3H3. The topological polar surface area (TPSA) is 30.7 Å². The molecule has 0 saturated heterocycles. The minimum atomic E-state index is 0.591. The summed E-state index contributed by atoms with van der Waals surface area (Å²) in [6.45, 7) is 6.46. The summed E-state index contributed by atoms with van der Waals surface area (Å²) in [6, 6.07) is 16.5. The highest BCUT2D eigenvalue weighted by Crippen LogP contribution is 2.37. The van der Waals surface area contributed by atoms with Gasteiger partial charge < -0.3 is 4.57 Å². The highest BCUT2D eigenvalue weighted by atomic mass is 35.5. The third-order valence-electron chi connectivity index (χ3n) is 4.62. The van der Waals surface area contributed by atoms with Gasteiger partial charge in [-0.1, -0.05) is 61.8 Å². The van der Waals surface area contributed by atoms with Gasteiger partial charge >= 0.3 is 0 Å². The molecule has 3 nitrogen and oxygen atoms in total. The number of nitrogens with zero attached hydrogens (tertiary/aromatic N) is 3. The number of hydrogen-bond acceptors (Lipinski definition) is 3. The van der Waals surface area contributed by atoms with Gasteiger partial charge in [-0.15, -0.1) is 11.8 Å². The van der Waals surface area contributed by atoms with Crippen molar-refractivity contribution in [3.8, 4) is 16.8 Å². The lowest BCUT2D eigenvalue weighted by Gasteiger charge is -2.08. The lowest BCUT2D eigenvalue weighted by Crippen LogP contribution is -1.96. The normalized spacial score (nSPS) is 11.5. The largest absolute Gasteiger partial charge is 0.301 e. The Labute approximate surface area is 174 Å². The zero-order valence-electron chi connectivity index (χ0n) is 16.2. The highest BCUT2D eigenvalue weighted by Gasteiger charge is 2.18. The van der Waals surface area contributed by atoms with Gasteiger partial charge in [0.1, 0.15) is 17.0 Å². The Bertz CT molecular complexity index is 1120. The van der Waals surface area contributed by atoms with Crippen molar-refractivity contribution in [2.24, 2.45) is 5.92 Å². The molecule has 0 aliphatic rings. The van der Waals surface area contributed by atoms with Crippen molar-refractivity contribution in [3.63, 3.8) is 0 Å². The number of aromatic nitrogens is 3. The van der Waals surface area contributed by atoms with Crippen molar-refractivity contribution in [2.75, 3.05) is 5.75 Å². The quantitative estimate of drug-likeness (QED) is 0.269. The van der Waals surface area contributed by atoms with Crippen LogP contribution in [0.25, 0.3) is 27.8 Å². The van der Waals surface area contributed by atoms with Gasteiger partial charge in [0.15, 0.2) is 0 Å². The first-order valence-corrected chi connectivity index (χ1v) is 10.7. The minimum Gasteiger partial charge on any atom is -0.301 e. The summed E-state index contributed by atoms with van der Waals surface area (Å²) in [5, 5.41) is 2.87. The summed E-state index contributed by atoms with van der Waals surface area (Å²) < 4.78 is 2.12. The average molecular weight is 408 g/mol. The second-order valence-electron chi connectivity index (χ2n) is 7.29. The third kappa shape index (κ3) is 3.67. The number of fused-ring (bicyclic) bond motifs is 1. The van der Waals surface area contributed by atoms with Crippen molar-refractivity contribution in [1.29, 1.82) is 0 Å².